The van der Waals surface area contributed by atoms with Crippen LogP contribution < -0.4 is 0 Å². The Morgan fingerprint density at radius 3 is 2.05 bits per heavy atom. The van der Waals surface area contributed by atoms with Crippen LogP contribution in [0.1, 0.15) is 15.9 Å². The maximum atomic E-state index is 12.0. The molecule has 0 aliphatic rings. The second kappa shape index (κ2) is 6.24. The Kier molecular flexibility index (Phi) is 5.52. The minimum Gasteiger partial charge on any atom is -0.479 e. The van der Waals surface area contributed by atoms with Crippen LogP contribution in [0.25, 0.3) is 0 Å². The summed E-state index contributed by atoms with van der Waals surface area (Å²) < 4.78 is 0. The number of hydrogen-bond donors (Lipinski definition) is 4. The quantitative estimate of drug-likeness (QED) is 0.382. The molecule has 0 aliphatic carbocycles. The zero-order chi connectivity index (χ0) is 14.8. The Hall–Kier alpha value is -2.29. The first-order valence-corrected chi connectivity index (χ1v) is 5.20. The highest BCUT2D eigenvalue weighted by Gasteiger charge is 2.54. The molecule has 1 aromatic rings. The van der Waals surface area contributed by atoms with Gasteiger partial charge in [-0.1, -0.05) is 24.3 Å². The maximum Gasteiger partial charge on any atom is 0.347 e. The van der Waals surface area contributed by atoms with Gasteiger partial charge in [0.25, 0.3) is 5.60 Å². The number of aliphatic carboxylic acids is 2. The lowest BCUT2D eigenvalue weighted by molar-refractivity contribution is -0.175. The van der Waals surface area contributed by atoms with Gasteiger partial charge in [-0.25, -0.2) is 9.59 Å². The Balaban J connectivity index is 0.00000361. The number of carboxylic acid groups (broad SMARTS) is 2. The molecule has 0 spiro atoms. The van der Waals surface area contributed by atoms with Crippen LogP contribution in [0, 0.1) is 6.92 Å². The van der Waals surface area contributed by atoms with Crippen LogP contribution in [-0.2, 0) is 9.59 Å². The molecule has 0 aromatic heterocycles. The summed E-state index contributed by atoms with van der Waals surface area (Å²) >= 11 is 0. The van der Waals surface area contributed by atoms with Gasteiger partial charge in [-0.3, -0.25) is 4.79 Å². The predicted octanol–water partition coefficient (Wildman–Crippen LogP) is -1.39. The zero-order valence-electron chi connectivity index (χ0n) is 10.4. The summed E-state index contributed by atoms with van der Waals surface area (Å²) in [5.74, 6) is -5.52. The molecule has 0 radical (unpaired) electrons. The largest absolute Gasteiger partial charge is 0.479 e. The highest BCUT2D eigenvalue weighted by atomic mass is 16.4. The highest BCUT2D eigenvalue weighted by Crippen LogP contribution is 2.21. The molecule has 110 valence electrons. The molecule has 0 heterocycles. The maximum absolute atomic E-state index is 12.0. The van der Waals surface area contributed by atoms with E-state index in [4.69, 9.17) is 10.2 Å². The van der Waals surface area contributed by atoms with Crippen molar-refractivity contribution in [1.29, 1.82) is 0 Å². The zero-order valence-corrected chi connectivity index (χ0v) is 10.4. The third-order valence-corrected chi connectivity index (χ3v) is 2.69. The molecule has 8 nitrogen and oxygen atoms in total. The van der Waals surface area contributed by atoms with E-state index in [1.165, 1.54) is 25.1 Å². The number of Topliss-reactive ketones (excluding diaryl/α,β-unsaturated/α-hetero) is 1. The van der Waals surface area contributed by atoms with Gasteiger partial charge in [0.1, 0.15) is 0 Å². The molecule has 2 atom stereocenters. The minimum absolute atomic E-state index is 0. The lowest BCUT2D eigenvalue weighted by Gasteiger charge is -2.25. The summed E-state index contributed by atoms with van der Waals surface area (Å²) in [6.45, 7) is 1.49. The summed E-state index contributed by atoms with van der Waals surface area (Å²) in [5, 5.41) is 36.6. The highest BCUT2D eigenvalue weighted by molar-refractivity contribution is 6.18. The van der Waals surface area contributed by atoms with E-state index in [1.807, 2.05) is 0 Å². The summed E-state index contributed by atoms with van der Waals surface area (Å²) in [4.78, 5) is 33.7. The van der Waals surface area contributed by atoms with E-state index < -0.39 is 29.4 Å². The molecule has 0 aliphatic heterocycles. The number of benzene rings is 1. The molecule has 0 saturated heterocycles. The SMILES string of the molecule is Cc1ccccc1C(=O)[C@](O)(C(=O)O)[C@@H](O)C(=O)O.O. The van der Waals surface area contributed by atoms with Gasteiger partial charge in [0, 0.05) is 5.56 Å². The molecule has 6 N–H and O–H groups in total. The smallest absolute Gasteiger partial charge is 0.347 e. The molecule has 0 saturated carbocycles. The van der Waals surface area contributed by atoms with Crippen molar-refractivity contribution in [2.75, 3.05) is 0 Å². The van der Waals surface area contributed by atoms with Crippen molar-refractivity contribution in [2.24, 2.45) is 0 Å². The first-order chi connectivity index (χ1) is 8.72. The number of aryl methyl sites for hydroxylation is 1. The number of carboxylic acids is 2. The van der Waals surface area contributed by atoms with Gasteiger partial charge in [0.05, 0.1) is 0 Å². The molecule has 0 amide bonds. The second-order valence-electron chi connectivity index (χ2n) is 3.96. The number of carbonyl (C=O) groups is 3. The third kappa shape index (κ3) is 2.82. The van der Waals surface area contributed by atoms with Crippen LogP contribution in [0.2, 0.25) is 0 Å². The predicted molar refractivity (Wildman–Crippen MR) is 65.4 cm³/mol. The third-order valence-electron chi connectivity index (χ3n) is 2.69. The fraction of sp³-hybridized carbons (Fsp3) is 0.250. The molecular weight excluding hydrogens is 272 g/mol. The molecular formula is C12H14O8. The summed E-state index contributed by atoms with van der Waals surface area (Å²) in [6, 6.07) is 5.73. The van der Waals surface area contributed by atoms with Gasteiger partial charge in [-0.15, -0.1) is 0 Å². The molecule has 8 heteroatoms. The van der Waals surface area contributed by atoms with Crippen molar-refractivity contribution in [3.8, 4) is 0 Å². The van der Waals surface area contributed by atoms with Gasteiger partial charge >= 0.3 is 11.9 Å². The number of aliphatic hydroxyl groups is 2. The van der Waals surface area contributed by atoms with E-state index >= 15 is 0 Å². The number of carbonyl (C=O) groups excluding carboxylic acids is 1. The van der Waals surface area contributed by atoms with Crippen molar-refractivity contribution in [1.82, 2.24) is 0 Å². The van der Waals surface area contributed by atoms with Crippen LogP contribution in [0.4, 0.5) is 0 Å². The second-order valence-corrected chi connectivity index (χ2v) is 3.96. The van der Waals surface area contributed by atoms with Gasteiger partial charge in [-0.05, 0) is 12.5 Å². The van der Waals surface area contributed by atoms with Crippen LogP contribution in [0.5, 0.6) is 0 Å². The molecule has 0 bridgehead atoms. The van der Waals surface area contributed by atoms with Crippen LogP contribution >= 0.6 is 0 Å². The van der Waals surface area contributed by atoms with E-state index in [0.717, 1.165) is 0 Å². The first-order valence-electron chi connectivity index (χ1n) is 5.20. The Morgan fingerprint density at radius 1 is 1.15 bits per heavy atom. The first kappa shape index (κ1) is 17.7. The van der Waals surface area contributed by atoms with Crippen molar-refractivity contribution < 1.29 is 40.3 Å². The van der Waals surface area contributed by atoms with E-state index in [9.17, 15) is 24.6 Å². The lowest BCUT2D eigenvalue weighted by atomic mass is 9.86. The van der Waals surface area contributed by atoms with Gasteiger partial charge in [0.15, 0.2) is 6.10 Å². The number of ketones is 1. The molecule has 0 fully saturated rings. The topological polar surface area (TPSA) is 164 Å². The van der Waals surface area contributed by atoms with Gasteiger partial charge in [0.2, 0.25) is 5.78 Å². The minimum atomic E-state index is -3.43. The normalized spacial score (nSPS) is 14.6. The summed E-state index contributed by atoms with van der Waals surface area (Å²) in [5.41, 5.74) is -3.25. The van der Waals surface area contributed by atoms with E-state index in [-0.39, 0.29) is 11.0 Å². The van der Waals surface area contributed by atoms with E-state index in [1.54, 1.807) is 6.07 Å². The number of rotatable bonds is 5. The average molecular weight is 286 g/mol. The van der Waals surface area contributed by atoms with Crippen LogP contribution in [0.15, 0.2) is 24.3 Å². The molecule has 0 unspecified atom stereocenters. The number of aliphatic hydroxyl groups excluding tert-OH is 1. The van der Waals surface area contributed by atoms with Gasteiger partial charge in [-0.2, -0.15) is 0 Å². The van der Waals surface area contributed by atoms with E-state index in [0.29, 0.717) is 5.56 Å². The average Bonchev–Trinajstić information content (AvgIpc) is 2.36. The Morgan fingerprint density at radius 2 is 1.65 bits per heavy atom. The lowest BCUT2D eigenvalue weighted by Crippen LogP contribution is -2.59. The van der Waals surface area contributed by atoms with Crippen molar-refractivity contribution in [3.63, 3.8) is 0 Å². The molecule has 20 heavy (non-hydrogen) atoms. The fourth-order valence-electron chi connectivity index (χ4n) is 1.55. The van der Waals surface area contributed by atoms with Gasteiger partial charge < -0.3 is 25.9 Å². The van der Waals surface area contributed by atoms with Crippen molar-refractivity contribution in [3.05, 3.63) is 35.4 Å². The van der Waals surface area contributed by atoms with Crippen molar-refractivity contribution >= 4 is 17.7 Å². The summed E-state index contributed by atoms with van der Waals surface area (Å²) in [6.07, 6.45) is -2.77. The molecule has 1 aromatic carbocycles. The fourth-order valence-corrected chi connectivity index (χ4v) is 1.55. The summed E-state index contributed by atoms with van der Waals surface area (Å²) in [7, 11) is 0. The Bertz CT molecular complexity index is 538. The number of hydrogen-bond acceptors (Lipinski definition) is 5. The molecule has 1 rings (SSSR count). The van der Waals surface area contributed by atoms with Crippen molar-refractivity contribution in [2.45, 2.75) is 18.6 Å². The van der Waals surface area contributed by atoms with Crippen LogP contribution in [0.3, 0.4) is 0 Å². The monoisotopic (exact) mass is 286 g/mol. The van der Waals surface area contributed by atoms with Crippen LogP contribution in [-0.4, -0.2) is 55.3 Å². The Labute approximate surface area is 113 Å². The van der Waals surface area contributed by atoms with E-state index in [2.05, 4.69) is 0 Å². The standard InChI is InChI=1S/C12H12O7.H2O/c1-6-4-2-3-5-7(6)8(13)12(19,11(17)18)9(14)10(15)16;/h2-5,9,14,19H,1H3,(H,15,16)(H,17,18);1H2/t9-,12+;/m0./s1.